The van der Waals surface area contributed by atoms with Crippen LogP contribution in [0.4, 0.5) is 0 Å². The highest BCUT2D eigenvalue weighted by molar-refractivity contribution is 7.77. The van der Waals surface area contributed by atoms with Crippen molar-refractivity contribution >= 4 is 52.5 Å². The SMILES string of the molecule is CC(C)(C)C(=PCl)B(Cl)Cl. The van der Waals surface area contributed by atoms with Gasteiger partial charge in [-0.05, 0) is 18.2 Å². The van der Waals surface area contributed by atoms with Crippen molar-refractivity contribution in [3.05, 3.63) is 0 Å². The molecule has 0 rings (SSSR count). The van der Waals surface area contributed by atoms with E-state index in [-0.39, 0.29) is 5.41 Å². The number of hydrogen-bond donors (Lipinski definition) is 0. The summed E-state index contributed by atoms with van der Waals surface area (Å²) in [5.41, 5.74) is -0.462. The third kappa shape index (κ3) is 3.48. The lowest BCUT2D eigenvalue weighted by molar-refractivity contribution is 0.608. The molecule has 0 saturated heterocycles. The maximum absolute atomic E-state index is 5.67. The summed E-state index contributed by atoms with van der Waals surface area (Å²) in [7, 11) is 0.658. The first kappa shape index (κ1) is 11.1. The van der Waals surface area contributed by atoms with Crippen LogP contribution in [-0.4, -0.2) is 10.7 Å². The van der Waals surface area contributed by atoms with Crippen LogP contribution in [0.2, 0.25) is 0 Å². The molecule has 0 radical (unpaired) electrons. The van der Waals surface area contributed by atoms with Crippen LogP contribution in [0, 0.1) is 5.41 Å². The molecule has 0 aromatic rings. The fourth-order valence-electron chi connectivity index (χ4n) is 0.491. The molecule has 0 unspecified atom stereocenters. The molecule has 0 aromatic carbocycles. The molecule has 0 bridgehead atoms. The standard InChI is InChI=1S/C5H9BCl3P/c1-5(2,3)4(10-9)6(7)8/h1-3H3. The van der Waals surface area contributed by atoms with E-state index in [2.05, 4.69) is 0 Å². The van der Waals surface area contributed by atoms with E-state index < -0.39 is 5.54 Å². The summed E-state index contributed by atoms with van der Waals surface area (Å²) in [6, 6.07) is 0. The molecule has 0 amide bonds. The Hall–Kier alpha value is 1.10. The Morgan fingerprint density at radius 1 is 1.30 bits per heavy atom. The van der Waals surface area contributed by atoms with E-state index in [0.717, 1.165) is 5.19 Å². The first-order chi connectivity index (χ1) is 4.39. The van der Waals surface area contributed by atoms with Crippen LogP contribution < -0.4 is 0 Å². The Balaban J connectivity index is 4.40. The van der Waals surface area contributed by atoms with Crippen molar-refractivity contribution in [2.45, 2.75) is 20.8 Å². The van der Waals surface area contributed by atoms with Crippen molar-refractivity contribution in [2.75, 3.05) is 0 Å². The van der Waals surface area contributed by atoms with Gasteiger partial charge in [-0.2, -0.15) is 22.9 Å². The highest BCUT2D eigenvalue weighted by Crippen LogP contribution is 2.27. The molecule has 0 saturated carbocycles. The average Bonchev–Trinajstić information content (AvgIpc) is 1.60. The summed E-state index contributed by atoms with van der Waals surface area (Å²) in [6.07, 6.45) is 0. The highest BCUT2D eigenvalue weighted by atomic mass is 35.7. The summed E-state index contributed by atoms with van der Waals surface area (Å²) in [4.78, 5) is 0. The molecule has 0 aliphatic rings. The Morgan fingerprint density at radius 3 is 1.70 bits per heavy atom. The van der Waals surface area contributed by atoms with Crippen molar-refractivity contribution in [3.63, 3.8) is 0 Å². The van der Waals surface area contributed by atoms with E-state index in [1.54, 1.807) is 0 Å². The first-order valence-corrected chi connectivity index (χ1v) is 5.54. The molecule has 0 nitrogen and oxygen atoms in total. The summed E-state index contributed by atoms with van der Waals surface area (Å²) in [5, 5.41) is 0.942. The van der Waals surface area contributed by atoms with E-state index in [4.69, 9.17) is 34.2 Å². The lowest BCUT2D eigenvalue weighted by Crippen LogP contribution is -2.26. The zero-order valence-corrected chi connectivity index (χ0v) is 9.32. The molecular formula is C5H9BCl3P. The maximum Gasteiger partial charge on any atom is 0.384 e. The Bertz CT molecular complexity index is 138. The molecule has 0 aliphatic heterocycles. The zero-order valence-electron chi connectivity index (χ0n) is 6.16. The van der Waals surface area contributed by atoms with Crippen molar-refractivity contribution in [1.29, 1.82) is 0 Å². The fourth-order valence-corrected chi connectivity index (χ4v) is 3.12. The van der Waals surface area contributed by atoms with Gasteiger partial charge in [0.05, 0.1) is 0 Å². The molecule has 58 valence electrons. The normalized spacial score (nSPS) is 13.6. The molecule has 0 aromatic heterocycles. The van der Waals surface area contributed by atoms with Crippen LogP contribution in [0.3, 0.4) is 0 Å². The summed E-state index contributed by atoms with van der Waals surface area (Å²) in [5.74, 6) is 0. The minimum absolute atomic E-state index is 0.00251. The fraction of sp³-hybridized carbons (Fsp3) is 0.800. The second kappa shape index (κ2) is 4.21. The van der Waals surface area contributed by atoms with Gasteiger partial charge in [-0.15, -0.1) is 0 Å². The van der Waals surface area contributed by atoms with Gasteiger partial charge < -0.3 is 0 Å². The van der Waals surface area contributed by atoms with Crippen molar-refractivity contribution in [1.82, 2.24) is 0 Å². The van der Waals surface area contributed by atoms with Gasteiger partial charge in [0, 0.05) is 0 Å². The maximum atomic E-state index is 5.67. The monoisotopic (exact) mass is 216 g/mol. The largest absolute Gasteiger partial charge is 0.384 e. The summed E-state index contributed by atoms with van der Waals surface area (Å²) in [6.45, 7) is 6.11. The van der Waals surface area contributed by atoms with Gasteiger partial charge in [0.15, 0.2) is 0 Å². The van der Waals surface area contributed by atoms with Gasteiger partial charge in [0.2, 0.25) is 0 Å². The molecule has 0 aliphatic carbocycles. The quantitative estimate of drug-likeness (QED) is 0.463. The third-order valence-electron chi connectivity index (χ3n) is 1.07. The van der Waals surface area contributed by atoms with Crippen molar-refractivity contribution in [2.24, 2.45) is 5.41 Å². The van der Waals surface area contributed by atoms with Gasteiger partial charge in [0.1, 0.15) is 0 Å². The van der Waals surface area contributed by atoms with Gasteiger partial charge in [0.25, 0.3) is 0 Å². The van der Waals surface area contributed by atoms with Crippen LogP contribution >= 0.6 is 41.7 Å². The van der Waals surface area contributed by atoms with Crippen molar-refractivity contribution in [3.8, 4) is 0 Å². The van der Waals surface area contributed by atoms with Crippen LogP contribution in [0.15, 0.2) is 0 Å². The molecular weight excluding hydrogens is 208 g/mol. The summed E-state index contributed by atoms with van der Waals surface area (Å²) < 4.78 is 0. The number of halogens is 3. The smallest absolute Gasteiger partial charge is 0.164 e. The van der Waals surface area contributed by atoms with Gasteiger partial charge in [-0.3, -0.25) is 0 Å². The topological polar surface area (TPSA) is 0 Å². The van der Waals surface area contributed by atoms with E-state index in [9.17, 15) is 0 Å². The zero-order chi connectivity index (χ0) is 8.36. The number of rotatable bonds is 1. The van der Waals surface area contributed by atoms with E-state index in [1.807, 2.05) is 20.8 Å². The second-order valence-electron chi connectivity index (χ2n) is 3.02. The molecule has 5 heteroatoms. The summed E-state index contributed by atoms with van der Waals surface area (Å²) >= 11 is 16.9. The molecule has 0 spiro atoms. The predicted molar refractivity (Wildman–Crippen MR) is 54.7 cm³/mol. The van der Waals surface area contributed by atoms with Gasteiger partial charge in [-0.25, -0.2) is 0 Å². The van der Waals surface area contributed by atoms with Crippen LogP contribution in [0.1, 0.15) is 20.8 Å². The van der Waals surface area contributed by atoms with E-state index in [0.29, 0.717) is 7.56 Å². The molecule has 0 heterocycles. The minimum atomic E-state index is -0.459. The molecule has 0 N–H and O–H groups in total. The minimum Gasteiger partial charge on any atom is -0.164 e. The van der Waals surface area contributed by atoms with Gasteiger partial charge >= 0.3 is 5.54 Å². The van der Waals surface area contributed by atoms with E-state index in [1.165, 1.54) is 0 Å². The lowest BCUT2D eigenvalue weighted by atomic mass is 9.79. The Morgan fingerprint density at radius 2 is 1.70 bits per heavy atom. The van der Waals surface area contributed by atoms with Crippen LogP contribution in [0.25, 0.3) is 0 Å². The van der Waals surface area contributed by atoms with Crippen molar-refractivity contribution < 1.29 is 0 Å². The average molecular weight is 217 g/mol. The second-order valence-corrected chi connectivity index (χ2v) is 5.27. The predicted octanol–water partition coefficient (Wildman–Crippen LogP) is 3.81. The van der Waals surface area contributed by atoms with Gasteiger partial charge in [-0.1, -0.05) is 32.0 Å². The number of hydrogen-bond acceptors (Lipinski definition) is 0. The highest BCUT2D eigenvalue weighted by Gasteiger charge is 2.25. The van der Waals surface area contributed by atoms with Crippen LogP contribution in [-0.2, 0) is 0 Å². The van der Waals surface area contributed by atoms with E-state index >= 15 is 0 Å². The third-order valence-corrected chi connectivity index (χ3v) is 3.46. The molecule has 10 heavy (non-hydrogen) atoms. The first-order valence-electron chi connectivity index (χ1n) is 2.87. The molecule has 0 fully saturated rings. The molecule has 0 atom stereocenters. The lowest BCUT2D eigenvalue weighted by Gasteiger charge is -2.20. The van der Waals surface area contributed by atoms with Crippen LogP contribution in [0.5, 0.6) is 0 Å². The Kier molecular flexibility index (Phi) is 4.68. The Labute approximate surface area is 78.7 Å².